The van der Waals surface area contributed by atoms with Gasteiger partial charge < -0.3 is 0 Å². The Balaban J connectivity index is 1.79. The lowest BCUT2D eigenvalue weighted by Gasteiger charge is -2.05. The number of aryl methyl sites for hydroxylation is 1. The summed E-state index contributed by atoms with van der Waals surface area (Å²) >= 11 is 0. The molecule has 0 fully saturated rings. The van der Waals surface area contributed by atoms with Gasteiger partial charge in [-0.15, -0.1) is 0 Å². The van der Waals surface area contributed by atoms with Gasteiger partial charge in [0.2, 0.25) is 0 Å². The van der Waals surface area contributed by atoms with E-state index in [0.717, 1.165) is 17.5 Å². The number of rotatable bonds is 10. The minimum atomic E-state index is -1.13. The molecule has 0 aliphatic heterocycles. The largest absolute Gasteiger partial charge is 0.386 e. The molecule has 2 aromatic carbocycles. The van der Waals surface area contributed by atoms with Crippen molar-refractivity contribution in [2.75, 3.05) is 0 Å². The predicted octanol–water partition coefficient (Wildman–Crippen LogP) is 6.22. The van der Waals surface area contributed by atoms with E-state index in [0.29, 0.717) is 0 Å². The molecule has 2 heteroatoms. The lowest BCUT2D eigenvalue weighted by atomic mass is 10.00. The Labute approximate surface area is 145 Å². The maximum atomic E-state index is 10.8. The molecule has 0 N–H and O–H groups in total. The van der Waals surface area contributed by atoms with Gasteiger partial charge in [-0.1, -0.05) is 81.8 Å². The van der Waals surface area contributed by atoms with E-state index in [-0.39, 0.29) is 5.56 Å². The third kappa shape index (κ3) is 5.84. The maximum absolute atomic E-state index is 10.8. The van der Waals surface area contributed by atoms with Gasteiger partial charge in [-0.3, -0.25) is 0 Å². The molecule has 0 aliphatic carbocycles. The minimum absolute atomic E-state index is 0.217. The van der Waals surface area contributed by atoms with Gasteiger partial charge in [0.1, 0.15) is 0 Å². The van der Waals surface area contributed by atoms with Gasteiger partial charge in [0, 0.05) is 0 Å². The highest BCUT2D eigenvalue weighted by Crippen LogP contribution is 2.21. The molecule has 127 valence electrons. The van der Waals surface area contributed by atoms with Gasteiger partial charge in [-0.25, -0.2) is 9.90 Å². The van der Waals surface area contributed by atoms with Crippen LogP contribution >= 0.6 is 0 Å². The van der Waals surface area contributed by atoms with Gasteiger partial charge in [0.15, 0.2) is 0 Å². The number of carbonyl (C=O) groups excluding carboxylic acids is 1. The molecule has 1 radical (unpaired) electrons. The summed E-state index contributed by atoms with van der Waals surface area (Å²) in [5, 5.41) is 10.8. The van der Waals surface area contributed by atoms with Crippen LogP contribution in [0, 0.1) is 0 Å². The molecule has 0 aliphatic rings. The van der Waals surface area contributed by atoms with Crippen LogP contribution in [0.15, 0.2) is 48.5 Å². The summed E-state index contributed by atoms with van der Waals surface area (Å²) in [4.78, 5) is 10.8. The smallest absolute Gasteiger partial charge is 0.242 e. The maximum Gasteiger partial charge on any atom is 0.386 e. The zero-order valence-electron chi connectivity index (χ0n) is 14.6. The number of benzene rings is 2. The van der Waals surface area contributed by atoms with Gasteiger partial charge in [0.05, 0.1) is 5.56 Å². The van der Waals surface area contributed by atoms with Crippen molar-refractivity contribution in [3.05, 3.63) is 59.7 Å². The van der Waals surface area contributed by atoms with E-state index in [2.05, 4.69) is 31.2 Å². The molecule has 24 heavy (non-hydrogen) atoms. The molecule has 0 amide bonds. The third-order valence-corrected chi connectivity index (χ3v) is 4.48. The highest BCUT2D eigenvalue weighted by molar-refractivity contribution is 5.88. The summed E-state index contributed by atoms with van der Waals surface area (Å²) in [5.41, 5.74) is 3.73. The van der Waals surface area contributed by atoms with Gasteiger partial charge >= 0.3 is 5.97 Å². The second-order valence-electron chi connectivity index (χ2n) is 6.43. The van der Waals surface area contributed by atoms with E-state index in [9.17, 15) is 9.90 Å². The second kappa shape index (κ2) is 9.92. The molecule has 0 aromatic heterocycles. The normalized spacial score (nSPS) is 10.7. The Bertz CT molecular complexity index is 611. The molecule has 0 spiro atoms. The first-order valence-electron chi connectivity index (χ1n) is 9.11. The third-order valence-electron chi connectivity index (χ3n) is 4.48. The lowest BCUT2D eigenvalue weighted by Crippen LogP contribution is -1.93. The second-order valence-corrected chi connectivity index (χ2v) is 6.43. The molecule has 0 saturated carbocycles. The topological polar surface area (TPSA) is 37.0 Å². The number of unbranched alkanes of at least 4 members (excludes halogenated alkanes) is 6. The monoisotopic (exact) mass is 323 g/mol. The Morgan fingerprint density at radius 1 is 0.708 bits per heavy atom. The molecule has 2 aromatic rings. The van der Waals surface area contributed by atoms with Crippen LogP contribution < -0.4 is 0 Å². The molecular weight excluding hydrogens is 296 g/mol. The molecule has 2 nitrogen and oxygen atoms in total. The fourth-order valence-electron chi connectivity index (χ4n) is 2.95. The van der Waals surface area contributed by atoms with Crippen LogP contribution in [-0.4, -0.2) is 5.97 Å². The Morgan fingerprint density at radius 2 is 1.21 bits per heavy atom. The van der Waals surface area contributed by atoms with Crippen LogP contribution in [0.5, 0.6) is 0 Å². The van der Waals surface area contributed by atoms with E-state index >= 15 is 0 Å². The Kier molecular flexibility index (Phi) is 7.54. The molecule has 0 bridgehead atoms. The summed E-state index contributed by atoms with van der Waals surface area (Å²) < 4.78 is 0. The van der Waals surface area contributed by atoms with Crippen LogP contribution in [0.1, 0.15) is 67.8 Å². The van der Waals surface area contributed by atoms with Crippen molar-refractivity contribution in [3.63, 3.8) is 0 Å². The van der Waals surface area contributed by atoms with Crippen molar-refractivity contribution in [2.45, 2.75) is 58.3 Å². The van der Waals surface area contributed by atoms with Crippen LogP contribution in [-0.2, 0) is 11.5 Å². The highest BCUT2D eigenvalue weighted by Gasteiger charge is 2.05. The fourth-order valence-corrected chi connectivity index (χ4v) is 2.95. The van der Waals surface area contributed by atoms with Crippen molar-refractivity contribution in [1.29, 1.82) is 0 Å². The zero-order chi connectivity index (χ0) is 17.2. The van der Waals surface area contributed by atoms with Gasteiger partial charge in [0.25, 0.3) is 0 Å². The van der Waals surface area contributed by atoms with Crippen molar-refractivity contribution >= 4 is 5.97 Å². The van der Waals surface area contributed by atoms with Crippen molar-refractivity contribution in [3.8, 4) is 11.1 Å². The lowest BCUT2D eigenvalue weighted by molar-refractivity contribution is 0.0573. The van der Waals surface area contributed by atoms with Crippen LogP contribution in [0.4, 0.5) is 0 Å². The van der Waals surface area contributed by atoms with E-state index in [1.807, 2.05) is 12.1 Å². The van der Waals surface area contributed by atoms with Crippen molar-refractivity contribution in [2.24, 2.45) is 0 Å². The van der Waals surface area contributed by atoms with E-state index in [4.69, 9.17) is 0 Å². The van der Waals surface area contributed by atoms with Crippen molar-refractivity contribution in [1.82, 2.24) is 0 Å². The standard InChI is InChI=1S/C22H27O2/c1-2-3-4-5-6-7-8-9-18-10-12-19(13-11-18)20-14-16-21(17-15-20)22(23)24/h10-17H,2-9H2,1H3. The SMILES string of the molecule is CCCCCCCCCc1ccc(-c2ccc(C([O])=O)cc2)cc1. The van der Waals surface area contributed by atoms with Crippen LogP contribution in [0.3, 0.4) is 0 Å². The number of hydrogen-bond donors (Lipinski definition) is 0. The Hall–Kier alpha value is -2.09. The molecule has 0 atom stereocenters. The van der Waals surface area contributed by atoms with Crippen LogP contribution in [0.25, 0.3) is 11.1 Å². The average Bonchev–Trinajstić information content (AvgIpc) is 2.61. The summed E-state index contributed by atoms with van der Waals surface area (Å²) in [6.07, 6.45) is 10.5. The molecule has 0 heterocycles. The molecular formula is C22H27O2. The summed E-state index contributed by atoms with van der Waals surface area (Å²) in [6, 6.07) is 15.4. The van der Waals surface area contributed by atoms with Gasteiger partial charge in [-0.05, 0) is 41.7 Å². The molecule has 2 rings (SSSR count). The van der Waals surface area contributed by atoms with Crippen LogP contribution in [0.2, 0.25) is 0 Å². The fraction of sp³-hybridized carbons (Fsp3) is 0.409. The quantitative estimate of drug-likeness (QED) is 0.478. The summed E-state index contributed by atoms with van der Waals surface area (Å²) in [6.45, 7) is 2.25. The molecule has 0 saturated heterocycles. The first-order chi connectivity index (χ1) is 11.7. The average molecular weight is 323 g/mol. The first-order valence-corrected chi connectivity index (χ1v) is 9.11. The van der Waals surface area contributed by atoms with E-state index in [1.54, 1.807) is 12.1 Å². The number of hydrogen-bond acceptors (Lipinski definition) is 1. The Morgan fingerprint density at radius 3 is 1.75 bits per heavy atom. The van der Waals surface area contributed by atoms with Gasteiger partial charge in [-0.2, -0.15) is 0 Å². The van der Waals surface area contributed by atoms with Crippen molar-refractivity contribution < 1.29 is 9.90 Å². The number of carbonyl (C=O) groups is 1. The highest BCUT2D eigenvalue weighted by atomic mass is 16.4. The predicted molar refractivity (Wildman–Crippen MR) is 98.6 cm³/mol. The summed E-state index contributed by atoms with van der Waals surface area (Å²) in [5.74, 6) is -1.13. The van der Waals surface area contributed by atoms with E-state index < -0.39 is 5.97 Å². The van der Waals surface area contributed by atoms with E-state index in [1.165, 1.54) is 50.5 Å². The zero-order valence-corrected chi connectivity index (χ0v) is 14.6. The molecule has 0 unspecified atom stereocenters. The summed E-state index contributed by atoms with van der Waals surface area (Å²) in [7, 11) is 0. The first kappa shape index (κ1) is 18.3. The minimum Gasteiger partial charge on any atom is -0.242 e.